The molecule has 1 N–H and O–H groups in total. The molecule has 0 atom stereocenters. The van der Waals surface area contributed by atoms with Crippen molar-refractivity contribution in [3.05, 3.63) is 66.5 Å². The number of nitrogens with zero attached hydrogens (tertiary/aromatic N) is 3. The van der Waals surface area contributed by atoms with Crippen LogP contribution in [-0.4, -0.2) is 54.7 Å². The first kappa shape index (κ1) is 25.7. The first-order valence-corrected chi connectivity index (χ1v) is 13.6. The molecular formula is C26H32N4O5S. The highest BCUT2D eigenvalue weighted by Crippen LogP contribution is 2.29. The Bertz CT molecular complexity index is 1270. The van der Waals surface area contributed by atoms with E-state index in [1.165, 1.54) is 4.31 Å². The number of anilines is 1. The molecule has 0 bridgehead atoms. The van der Waals surface area contributed by atoms with Crippen molar-refractivity contribution < 1.29 is 22.7 Å². The molecule has 0 radical (unpaired) electrons. The van der Waals surface area contributed by atoms with E-state index in [2.05, 4.69) is 10.4 Å². The maximum absolute atomic E-state index is 12.8. The Balaban J connectivity index is 1.32. The Labute approximate surface area is 212 Å². The summed E-state index contributed by atoms with van der Waals surface area (Å²) < 4.78 is 40.1. The Hall–Kier alpha value is -3.37. The van der Waals surface area contributed by atoms with Gasteiger partial charge in [0.25, 0.3) is 0 Å². The van der Waals surface area contributed by atoms with Gasteiger partial charge in [0.15, 0.2) is 11.5 Å². The highest BCUT2D eigenvalue weighted by atomic mass is 32.2. The van der Waals surface area contributed by atoms with Crippen molar-refractivity contribution in [3.8, 4) is 11.5 Å². The van der Waals surface area contributed by atoms with Crippen LogP contribution in [0.1, 0.15) is 32.3 Å². The number of nitrogens with one attached hydrogen (secondary N) is 1. The zero-order chi connectivity index (χ0) is 25.5. The average Bonchev–Trinajstić information content (AvgIpc) is 3.33. The van der Waals surface area contributed by atoms with Gasteiger partial charge in [0.1, 0.15) is 0 Å². The number of sulfonamides is 1. The Kier molecular flexibility index (Phi) is 8.27. The summed E-state index contributed by atoms with van der Waals surface area (Å²) in [5, 5.41) is 7.29. The normalized spacial score (nSPS) is 14.9. The molecule has 10 heteroatoms. The van der Waals surface area contributed by atoms with Crippen molar-refractivity contribution in [2.24, 2.45) is 5.92 Å². The Morgan fingerprint density at radius 1 is 1.03 bits per heavy atom. The van der Waals surface area contributed by atoms with Gasteiger partial charge >= 0.3 is 0 Å². The third-order valence-corrected chi connectivity index (χ3v) is 7.97. The standard InChI is InChI=1S/C26H32N4O5S/c1-3-34-24-11-10-20(16-25(24)35-4-2)18-29-19-22(17-27-29)28-26(31)21-12-14-30(15-13-21)36(32,33)23-8-6-5-7-9-23/h5-11,16-17,19,21H,3-4,12-15,18H2,1-2H3,(H,28,31). The first-order chi connectivity index (χ1) is 17.4. The van der Waals surface area contributed by atoms with E-state index >= 15 is 0 Å². The quantitative estimate of drug-likeness (QED) is 0.444. The van der Waals surface area contributed by atoms with Crippen molar-refractivity contribution in [3.63, 3.8) is 0 Å². The molecule has 3 aromatic rings. The van der Waals surface area contributed by atoms with Crippen molar-refractivity contribution in [1.82, 2.24) is 14.1 Å². The second-order valence-corrected chi connectivity index (χ2v) is 10.5. The number of piperidine rings is 1. The maximum atomic E-state index is 12.8. The molecule has 0 aliphatic carbocycles. The van der Waals surface area contributed by atoms with Crippen molar-refractivity contribution >= 4 is 21.6 Å². The van der Waals surface area contributed by atoms with Crippen LogP contribution in [0.4, 0.5) is 5.69 Å². The summed E-state index contributed by atoms with van der Waals surface area (Å²) in [6.45, 7) is 6.10. The molecule has 36 heavy (non-hydrogen) atoms. The number of hydrogen-bond donors (Lipinski definition) is 1. The highest BCUT2D eigenvalue weighted by Gasteiger charge is 2.32. The number of carbonyl (C=O) groups is 1. The lowest BCUT2D eigenvalue weighted by Gasteiger charge is -2.30. The van der Waals surface area contributed by atoms with Gasteiger partial charge in [0.05, 0.1) is 36.5 Å². The minimum Gasteiger partial charge on any atom is -0.490 e. The number of ether oxygens (including phenoxy) is 2. The van der Waals surface area contributed by atoms with Gasteiger partial charge in [-0.2, -0.15) is 9.40 Å². The number of aromatic nitrogens is 2. The second kappa shape index (κ2) is 11.6. The third-order valence-electron chi connectivity index (χ3n) is 6.06. The molecule has 0 saturated carbocycles. The van der Waals surface area contributed by atoms with Gasteiger partial charge in [-0.15, -0.1) is 0 Å². The van der Waals surface area contributed by atoms with Gasteiger partial charge in [-0.3, -0.25) is 9.48 Å². The SMILES string of the molecule is CCOc1ccc(Cn2cc(NC(=O)C3CCN(S(=O)(=O)c4ccccc4)CC3)cn2)cc1OCC. The largest absolute Gasteiger partial charge is 0.490 e. The molecule has 0 unspecified atom stereocenters. The van der Waals surface area contributed by atoms with Crippen LogP contribution in [0.5, 0.6) is 11.5 Å². The summed E-state index contributed by atoms with van der Waals surface area (Å²) in [5.41, 5.74) is 1.60. The van der Waals surface area contributed by atoms with E-state index in [4.69, 9.17) is 9.47 Å². The third kappa shape index (κ3) is 6.06. The van der Waals surface area contributed by atoms with Crippen LogP contribution in [0.15, 0.2) is 65.8 Å². The summed E-state index contributed by atoms with van der Waals surface area (Å²) in [5.74, 6) is 1.03. The van der Waals surface area contributed by atoms with Gasteiger partial charge in [0, 0.05) is 25.2 Å². The predicted octanol–water partition coefficient (Wildman–Crippen LogP) is 3.77. The van der Waals surface area contributed by atoms with Crippen LogP contribution in [0.3, 0.4) is 0 Å². The molecule has 2 heterocycles. The van der Waals surface area contributed by atoms with Crippen molar-refractivity contribution in [2.75, 3.05) is 31.6 Å². The number of amides is 1. The molecule has 9 nitrogen and oxygen atoms in total. The molecule has 1 aromatic heterocycles. The summed E-state index contributed by atoms with van der Waals surface area (Å²) in [6.07, 6.45) is 4.34. The highest BCUT2D eigenvalue weighted by molar-refractivity contribution is 7.89. The van der Waals surface area contributed by atoms with E-state index in [-0.39, 0.29) is 16.7 Å². The van der Waals surface area contributed by atoms with Crippen molar-refractivity contribution in [2.45, 2.75) is 38.1 Å². The van der Waals surface area contributed by atoms with Gasteiger partial charge in [-0.25, -0.2) is 8.42 Å². The van der Waals surface area contributed by atoms with E-state index in [0.717, 1.165) is 5.56 Å². The zero-order valence-corrected chi connectivity index (χ0v) is 21.4. The van der Waals surface area contributed by atoms with Crippen LogP contribution in [-0.2, 0) is 21.4 Å². The second-order valence-electron chi connectivity index (χ2n) is 8.55. The van der Waals surface area contributed by atoms with Gasteiger partial charge in [0.2, 0.25) is 15.9 Å². The van der Waals surface area contributed by atoms with Crippen LogP contribution in [0, 0.1) is 5.92 Å². The molecule has 1 aliphatic rings. The molecule has 2 aromatic carbocycles. The monoisotopic (exact) mass is 512 g/mol. The fourth-order valence-corrected chi connectivity index (χ4v) is 5.73. The lowest BCUT2D eigenvalue weighted by Crippen LogP contribution is -2.41. The van der Waals surface area contributed by atoms with E-state index in [0.29, 0.717) is 62.9 Å². The maximum Gasteiger partial charge on any atom is 0.243 e. The lowest BCUT2D eigenvalue weighted by molar-refractivity contribution is -0.120. The van der Waals surface area contributed by atoms with Gasteiger partial charge in [-0.1, -0.05) is 24.3 Å². The van der Waals surface area contributed by atoms with E-state index < -0.39 is 10.0 Å². The smallest absolute Gasteiger partial charge is 0.243 e. The first-order valence-electron chi connectivity index (χ1n) is 12.2. The van der Waals surface area contributed by atoms with E-state index in [1.807, 2.05) is 32.0 Å². The fourth-order valence-electron chi connectivity index (χ4n) is 4.24. The van der Waals surface area contributed by atoms with Gasteiger partial charge < -0.3 is 14.8 Å². The summed E-state index contributed by atoms with van der Waals surface area (Å²) >= 11 is 0. The average molecular weight is 513 g/mol. The van der Waals surface area contributed by atoms with Crippen LogP contribution in [0.2, 0.25) is 0 Å². The minimum atomic E-state index is -3.54. The molecule has 4 rings (SSSR count). The number of rotatable bonds is 10. The minimum absolute atomic E-state index is 0.119. The Morgan fingerprint density at radius 2 is 1.72 bits per heavy atom. The van der Waals surface area contributed by atoms with E-state index in [9.17, 15) is 13.2 Å². The molecule has 1 aliphatic heterocycles. The predicted molar refractivity (Wildman–Crippen MR) is 137 cm³/mol. The Morgan fingerprint density at radius 3 is 2.42 bits per heavy atom. The molecule has 192 valence electrons. The van der Waals surface area contributed by atoms with Crippen LogP contribution < -0.4 is 14.8 Å². The molecule has 1 fully saturated rings. The number of benzene rings is 2. The lowest BCUT2D eigenvalue weighted by atomic mass is 9.97. The summed E-state index contributed by atoms with van der Waals surface area (Å²) in [6, 6.07) is 14.2. The van der Waals surface area contributed by atoms with Crippen LogP contribution >= 0.6 is 0 Å². The molecule has 0 spiro atoms. The van der Waals surface area contributed by atoms with Crippen molar-refractivity contribution in [1.29, 1.82) is 0 Å². The molecule has 1 amide bonds. The number of carbonyl (C=O) groups excluding carboxylic acids is 1. The number of hydrogen-bond acceptors (Lipinski definition) is 6. The zero-order valence-electron chi connectivity index (χ0n) is 20.6. The summed E-state index contributed by atoms with van der Waals surface area (Å²) in [4.78, 5) is 13.1. The molecular weight excluding hydrogens is 480 g/mol. The summed E-state index contributed by atoms with van der Waals surface area (Å²) in [7, 11) is -3.54. The van der Waals surface area contributed by atoms with Gasteiger partial charge in [-0.05, 0) is 56.5 Å². The fraction of sp³-hybridized carbons (Fsp3) is 0.385. The van der Waals surface area contributed by atoms with Crippen LogP contribution in [0.25, 0.3) is 0 Å². The van der Waals surface area contributed by atoms with E-state index in [1.54, 1.807) is 47.4 Å². The topological polar surface area (TPSA) is 103 Å². The molecule has 1 saturated heterocycles.